The minimum Gasteiger partial charge on any atom is -0.448 e. The van der Waals surface area contributed by atoms with Crippen LogP contribution in [0.4, 0.5) is 0 Å². The highest BCUT2D eigenvalue weighted by atomic mass is 32.1. The summed E-state index contributed by atoms with van der Waals surface area (Å²) in [7, 11) is 0. The van der Waals surface area contributed by atoms with Crippen LogP contribution in [0.3, 0.4) is 0 Å². The summed E-state index contributed by atoms with van der Waals surface area (Å²) in [6.07, 6.45) is -0.600. The van der Waals surface area contributed by atoms with E-state index in [1.54, 1.807) is 13.0 Å². The van der Waals surface area contributed by atoms with Gasteiger partial charge in [-0.3, -0.25) is 0 Å². The van der Waals surface area contributed by atoms with Crippen molar-refractivity contribution in [3.63, 3.8) is 0 Å². The summed E-state index contributed by atoms with van der Waals surface area (Å²) in [5, 5.41) is 7.99. The number of nitrogens with zero attached hydrogens (tertiary/aromatic N) is 2. The molecular weight excluding hydrogens is 312 g/mol. The normalized spacial score (nSPS) is 12.1. The van der Waals surface area contributed by atoms with E-state index in [1.807, 2.05) is 44.2 Å². The molecular formula is C17H16N2O3S. The first-order chi connectivity index (χ1) is 11.0. The maximum Gasteiger partial charge on any atom is 0.349 e. The van der Waals surface area contributed by atoms with Gasteiger partial charge in [-0.15, -0.1) is 21.5 Å². The predicted octanol–water partition coefficient (Wildman–Crippen LogP) is 4.33. The number of aryl methyl sites for hydroxylation is 2. The molecule has 3 rings (SSSR count). The maximum absolute atomic E-state index is 12.1. The highest BCUT2D eigenvalue weighted by Gasteiger charge is 2.20. The number of aromatic nitrogens is 2. The Morgan fingerprint density at radius 2 is 1.87 bits per heavy atom. The average molecular weight is 328 g/mol. The third-order valence-electron chi connectivity index (χ3n) is 3.31. The third-order valence-corrected chi connectivity index (χ3v) is 4.29. The van der Waals surface area contributed by atoms with Crippen LogP contribution in [0.2, 0.25) is 0 Å². The van der Waals surface area contributed by atoms with Crippen LogP contribution >= 0.6 is 11.3 Å². The van der Waals surface area contributed by atoms with Crippen LogP contribution in [0.15, 0.2) is 40.8 Å². The van der Waals surface area contributed by atoms with Crippen molar-refractivity contribution in [2.24, 2.45) is 0 Å². The fourth-order valence-corrected chi connectivity index (χ4v) is 2.78. The van der Waals surface area contributed by atoms with Crippen LogP contribution in [0, 0.1) is 13.8 Å². The number of hydrogen-bond acceptors (Lipinski definition) is 6. The van der Waals surface area contributed by atoms with Gasteiger partial charge in [0.15, 0.2) is 6.10 Å². The Balaban J connectivity index is 1.72. The summed E-state index contributed by atoms with van der Waals surface area (Å²) in [6.45, 7) is 5.67. The van der Waals surface area contributed by atoms with Crippen molar-refractivity contribution in [1.29, 1.82) is 0 Å². The van der Waals surface area contributed by atoms with E-state index in [1.165, 1.54) is 11.3 Å². The van der Waals surface area contributed by atoms with Crippen molar-refractivity contribution in [2.45, 2.75) is 26.9 Å². The van der Waals surface area contributed by atoms with Crippen molar-refractivity contribution in [3.8, 4) is 11.5 Å². The molecule has 0 fully saturated rings. The molecule has 0 saturated heterocycles. The van der Waals surface area contributed by atoms with E-state index in [-0.39, 0.29) is 11.9 Å². The first-order valence-corrected chi connectivity index (χ1v) is 8.02. The summed E-state index contributed by atoms with van der Waals surface area (Å²) in [4.78, 5) is 13.7. The summed E-state index contributed by atoms with van der Waals surface area (Å²) in [5.41, 5.74) is 1.99. The minimum absolute atomic E-state index is 0.280. The molecule has 3 aromatic rings. The van der Waals surface area contributed by atoms with Gasteiger partial charge in [0.25, 0.3) is 5.89 Å². The van der Waals surface area contributed by atoms with Gasteiger partial charge < -0.3 is 9.15 Å². The van der Waals surface area contributed by atoms with Crippen molar-refractivity contribution >= 4 is 17.3 Å². The zero-order chi connectivity index (χ0) is 16.4. The van der Waals surface area contributed by atoms with Gasteiger partial charge >= 0.3 is 5.97 Å². The Morgan fingerprint density at radius 1 is 1.13 bits per heavy atom. The van der Waals surface area contributed by atoms with Crippen LogP contribution in [0.25, 0.3) is 11.5 Å². The lowest BCUT2D eigenvalue weighted by atomic mass is 10.1. The number of carbonyl (C=O) groups excluding carboxylic acids is 1. The molecule has 0 aliphatic rings. The number of benzene rings is 1. The predicted molar refractivity (Wildman–Crippen MR) is 87.4 cm³/mol. The molecule has 0 bridgehead atoms. The molecule has 0 aliphatic carbocycles. The lowest BCUT2D eigenvalue weighted by molar-refractivity contribution is 0.0285. The molecule has 1 aromatic carbocycles. The smallest absolute Gasteiger partial charge is 0.349 e. The number of ether oxygens (including phenoxy) is 1. The Kier molecular flexibility index (Phi) is 4.25. The molecule has 2 heterocycles. The molecule has 5 nitrogen and oxygen atoms in total. The summed E-state index contributed by atoms with van der Waals surface area (Å²) in [6, 6.07) is 11.4. The number of hydrogen-bond donors (Lipinski definition) is 0. The highest BCUT2D eigenvalue weighted by molar-refractivity contribution is 7.13. The van der Waals surface area contributed by atoms with E-state index >= 15 is 0 Å². The van der Waals surface area contributed by atoms with Crippen molar-refractivity contribution in [1.82, 2.24) is 10.2 Å². The Bertz CT molecular complexity index is 820. The van der Waals surface area contributed by atoms with Gasteiger partial charge in [-0.25, -0.2) is 4.79 Å². The van der Waals surface area contributed by atoms with Crippen molar-refractivity contribution in [3.05, 3.63) is 57.6 Å². The summed E-state index contributed by atoms with van der Waals surface area (Å²) < 4.78 is 11.0. The topological polar surface area (TPSA) is 65.2 Å². The molecule has 1 atom stereocenters. The Hall–Kier alpha value is -2.47. The molecule has 0 radical (unpaired) electrons. The van der Waals surface area contributed by atoms with Crippen LogP contribution in [0.1, 0.15) is 39.0 Å². The molecule has 0 amide bonds. The minimum atomic E-state index is -0.600. The van der Waals surface area contributed by atoms with E-state index in [4.69, 9.17) is 9.15 Å². The van der Waals surface area contributed by atoms with E-state index < -0.39 is 6.10 Å². The largest absolute Gasteiger partial charge is 0.448 e. The zero-order valence-corrected chi connectivity index (χ0v) is 13.9. The molecule has 23 heavy (non-hydrogen) atoms. The second-order valence-corrected chi connectivity index (χ2v) is 6.56. The lowest BCUT2D eigenvalue weighted by Crippen LogP contribution is -2.08. The number of esters is 1. The van der Waals surface area contributed by atoms with Gasteiger partial charge in [0.2, 0.25) is 5.89 Å². The molecule has 0 aliphatic heterocycles. The van der Waals surface area contributed by atoms with E-state index in [9.17, 15) is 4.79 Å². The number of thiophene rings is 1. The van der Waals surface area contributed by atoms with Gasteiger partial charge in [-0.1, -0.05) is 17.7 Å². The number of rotatable bonds is 4. The fourth-order valence-electron chi connectivity index (χ4n) is 2.02. The van der Waals surface area contributed by atoms with Crippen molar-refractivity contribution in [2.75, 3.05) is 0 Å². The second kappa shape index (κ2) is 6.34. The van der Waals surface area contributed by atoms with Crippen LogP contribution in [0.5, 0.6) is 0 Å². The standard InChI is InChI=1S/C17H16N2O3S/c1-10-4-7-13(8-5-10)16-19-18-15(22-16)12(3)21-17(20)14-9-6-11(2)23-14/h4-9,12H,1-3H3. The monoisotopic (exact) mass is 328 g/mol. The van der Waals surface area contributed by atoms with Gasteiger partial charge in [0, 0.05) is 10.4 Å². The third kappa shape index (κ3) is 3.48. The van der Waals surface area contributed by atoms with Crippen LogP contribution in [-0.2, 0) is 4.74 Å². The van der Waals surface area contributed by atoms with E-state index in [2.05, 4.69) is 10.2 Å². The molecule has 0 N–H and O–H groups in total. The Labute approximate surface area is 137 Å². The molecule has 118 valence electrons. The highest BCUT2D eigenvalue weighted by Crippen LogP contribution is 2.24. The average Bonchev–Trinajstić information content (AvgIpc) is 3.17. The maximum atomic E-state index is 12.1. The zero-order valence-electron chi connectivity index (χ0n) is 13.1. The molecule has 6 heteroatoms. The van der Waals surface area contributed by atoms with E-state index in [0.29, 0.717) is 10.8 Å². The lowest BCUT2D eigenvalue weighted by Gasteiger charge is -2.07. The fraction of sp³-hybridized carbons (Fsp3) is 0.235. The van der Waals surface area contributed by atoms with Gasteiger partial charge in [0.05, 0.1) is 0 Å². The molecule has 2 aromatic heterocycles. The summed E-state index contributed by atoms with van der Waals surface area (Å²) in [5.74, 6) is 0.308. The van der Waals surface area contributed by atoms with Gasteiger partial charge in [0.1, 0.15) is 4.88 Å². The number of carbonyl (C=O) groups is 1. The second-order valence-electron chi connectivity index (χ2n) is 5.27. The first-order valence-electron chi connectivity index (χ1n) is 7.21. The van der Waals surface area contributed by atoms with Gasteiger partial charge in [-0.2, -0.15) is 0 Å². The van der Waals surface area contributed by atoms with Crippen LogP contribution in [-0.4, -0.2) is 16.2 Å². The Morgan fingerprint density at radius 3 is 2.52 bits per heavy atom. The molecule has 0 spiro atoms. The van der Waals surface area contributed by atoms with Crippen molar-refractivity contribution < 1.29 is 13.9 Å². The van der Waals surface area contributed by atoms with E-state index in [0.717, 1.165) is 16.0 Å². The quantitative estimate of drug-likeness (QED) is 0.667. The summed E-state index contributed by atoms with van der Waals surface area (Å²) >= 11 is 1.40. The molecule has 0 saturated carbocycles. The van der Waals surface area contributed by atoms with Crippen LogP contribution < -0.4 is 0 Å². The SMILES string of the molecule is Cc1ccc(-c2nnc(C(C)OC(=O)c3ccc(C)s3)o2)cc1. The molecule has 1 unspecified atom stereocenters. The first kappa shape index (κ1) is 15.4. The van der Waals surface area contributed by atoms with Gasteiger partial charge in [-0.05, 0) is 45.0 Å².